The Morgan fingerprint density at radius 1 is 1.54 bits per heavy atom. The van der Waals surface area contributed by atoms with Crippen LogP contribution >= 0.6 is 0 Å². The van der Waals surface area contributed by atoms with Crippen LogP contribution in [0.2, 0.25) is 0 Å². The van der Waals surface area contributed by atoms with Crippen molar-refractivity contribution in [1.82, 2.24) is 9.78 Å². The molecule has 0 aliphatic heterocycles. The molecule has 0 saturated carbocycles. The van der Waals surface area contributed by atoms with Crippen LogP contribution in [0.3, 0.4) is 0 Å². The molecule has 0 aliphatic rings. The Bertz CT molecular complexity index is 264. The number of hydrogen-bond donors (Lipinski definition) is 0. The number of carbonyl (C=O) groups excluding carboxylic acids is 1. The molecular weight excluding hydrogens is 164 g/mol. The second-order valence-corrected chi connectivity index (χ2v) is 3.17. The van der Waals surface area contributed by atoms with Crippen LogP contribution in [0.15, 0.2) is 12.4 Å². The Morgan fingerprint density at radius 2 is 2.23 bits per heavy atom. The maximum absolute atomic E-state index is 10.3. The summed E-state index contributed by atoms with van der Waals surface area (Å²) in [5.74, 6) is 0. The molecule has 0 fully saturated rings. The Balaban J connectivity index is 2.71. The van der Waals surface area contributed by atoms with Crippen molar-refractivity contribution in [3.8, 4) is 0 Å². The summed E-state index contributed by atoms with van der Waals surface area (Å²) in [6.07, 6.45) is 7.28. The standard InChI is InChI=1S/C10H16N2O/c1-3-10(4-2)12-8-9(5-6-13)7-11-12/h6-8,10H,3-5H2,1-2H3. The molecular formula is C10H16N2O. The maximum Gasteiger partial charge on any atom is 0.124 e. The van der Waals surface area contributed by atoms with Gasteiger partial charge in [-0.1, -0.05) is 13.8 Å². The molecule has 0 spiro atoms. The number of rotatable bonds is 5. The predicted molar refractivity (Wildman–Crippen MR) is 51.6 cm³/mol. The fraction of sp³-hybridized carbons (Fsp3) is 0.600. The van der Waals surface area contributed by atoms with Crippen LogP contribution in [0.5, 0.6) is 0 Å². The topological polar surface area (TPSA) is 34.9 Å². The maximum atomic E-state index is 10.3. The van der Waals surface area contributed by atoms with Crippen LogP contribution in [-0.4, -0.2) is 16.1 Å². The summed E-state index contributed by atoms with van der Waals surface area (Å²) in [5.41, 5.74) is 1.00. The lowest BCUT2D eigenvalue weighted by molar-refractivity contribution is -0.107. The van der Waals surface area contributed by atoms with Crippen molar-refractivity contribution in [1.29, 1.82) is 0 Å². The summed E-state index contributed by atoms with van der Waals surface area (Å²) >= 11 is 0. The Morgan fingerprint density at radius 3 is 2.77 bits per heavy atom. The van der Waals surface area contributed by atoms with Gasteiger partial charge in [0.15, 0.2) is 0 Å². The van der Waals surface area contributed by atoms with Crippen molar-refractivity contribution in [3.63, 3.8) is 0 Å². The van der Waals surface area contributed by atoms with E-state index in [0.717, 1.165) is 24.7 Å². The van der Waals surface area contributed by atoms with Crippen molar-refractivity contribution >= 4 is 6.29 Å². The van der Waals surface area contributed by atoms with Gasteiger partial charge in [-0.3, -0.25) is 4.68 Å². The van der Waals surface area contributed by atoms with Crippen LogP contribution in [0.1, 0.15) is 38.3 Å². The zero-order valence-electron chi connectivity index (χ0n) is 8.23. The second-order valence-electron chi connectivity index (χ2n) is 3.17. The highest BCUT2D eigenvalue weighted by molar-refractivity contribution is 5.54. The lowest BCUT2D eigenvalue weighted by Gasteiger charge is -2.11. The molecule has 0 unspecified atom stereocenters. The average Bonchev–Trinajstić information content (AvgIpc) is 2.56. The number of hydrogen-bond acceptors (Lipinski definition) is 2. The van der Waals surface area contributed by atoms with Gasteiger partial charge in [0.1, 0.15) is 6.29 Å². The van der Waals surface area contributed by atoms with Crippen LogP contribution in [0.25, 0.3) is 0 Å². The SMILES string of the molecule is CCC(CC)n1cc(CC=O)cn1. The van der Waals surface area contributed by atoms with Gasteiger partial charge in [-0.25, -0.2) is 0 Å². The van der Waals surface area contributed by atoms with Gasteiger partial charge in [0.05, 0.1) is 12.2 Å². The third kappa shape index (κ3) is 2.41. The van der Waals surface area contributed by atoms with Crippen molar-refractivity contribution < 1.29 is 4.79 Å². The van der Waals surface area contributed by atoms with Crippen molar-refractivity contribution in [2.45, 2.75) is 39.2 Å². The van der Waals surface area contributed by atoms with Gasteiger partial charge in [0.2, 0.25) is 0 Å². The third-order valence-corrected chi connectivity index (χ3v) is 2.29. The number of carbonyl (C=O) groups is 1. The Labute approximate surface area is 78.8 Å². The van der Waals surface area contributed by atoms with E-state index in [0.29, 0.717) is 12.5 Å². The number of aromatic nitrogens is 2. The Kier molecular flexibility index (Phi) is 3.68. The first-order chi connectivity index (χ1) is 6.31. The number of nitrogens with zero attached hydrogens (tertiary/aromatic N) is 2. The van der Waals surface area contributed by atoms with Crippen LogP contribution < -0.4 is 0 Å². The molecule has 1 heterocycles. The minimum absolute atomic E-state index is 0.472. The average molecular weight is 180 g/mol. The minimum atomic E-state index is 0.472. The molecule has 0 aliphatic carbocycles. The smallest absolute Gasteiger partial charge is 0.124 e. The van der Waals surface area contributed by atoms with E-state index in [1.165, 1.54) is 0 Å². The highest BCUT2D eigenvalue weighted by Crippen LogP contribution is 2.14. The van der Waals surface area contributed by atoms with E-state index >= 15 is 0 Å². The largest absolute Gasteiger partial charge is 0.303 e. The van der Waals surface area contributed by atoms with E-state index in [1.54, 1.807) is 6.20 Å². The van der Waals surface area contributed by atoms with Crippen molar-refractivity contribution in [2.24, 2.45) is 0 Å². The first-order valence-electron chi connectivity index (χ1n) is 4.78. The molecule has 0 bridgehead atoms. The van der Waals surface area contributed by atoms with Crippen LogP contribution in [0.4, 0.5) is 0 Å². The van der Waals surface area contributed by atoms with Gasteiger partial charge in [0, 0.05) is 12.6 Å². The molecule has 1 aromatic rings. The van der Waals surface area contributed by atoms with E-state index in [2.05, 4.69) is 18.9 Å². The lowest BCUT2D eigenvalue weighted by Crippen LogP contribution is -2.06. The minimum Gasteiger partial charge on any atom is -0.303 e. The van der Waals surface area contributed by atoms with Gasteiger partial charge in [-0.2, -0.15) is 5.10 Å². The molecule has 0 radical (unpaired) electrons. The lowest BCUT2D eigenvalue weighted by atomic mass is 10.2. The van der Waals surface area contributed by atoms with Crippen LogP contribution in [0, 0.1) is 0 Å². The summed E-state index contributed by atoms with van der Waals surface area (Å²) in [7, 11) is 0. The highest BCUT2D eigenvalue weighted by atomic mass is 16.1. The summed E-state index contributed by atoms with van der Waals surface area (Å²) in [6.45, 7) is 4.30. The zero-order chi connectivity index (χ0) is 9.68. The van der Waals surface area contributed by atoms with Gasteiger partial charge >= 0.3 is 0 Å². The molecule has 72 valence electrons. The molecule has 0 amide bonds. The van der Waals surface area contributed by atoms with E-state index in [-0.39, 0.29) is 0 Å². The van der Waals surface area contributed by atoms with E-state index in [9.17, 15) is 4.79 Å². The normalized spacial score (nSPS) is 10.7. The molecule has 1 rings (SSSR count). The van der Waals surface area contributed by atoms with E-state index < -0.39 is 0 Å². The fourth-order valence-electron chi connectivity index (χ4n) is 1.44. The monoisotopic (exact) mass is 180 g/mol. The molecule has 3 heteroatoms. The van der Waals surface area contributed by atoms with Gasteiger partial charge in [0.25, 0.3) is 0 Å². The molecule has 0 atom stereocenters. The zero-order valence-corrected chi connectivity index (χ0v) is 8.23. The Hall–Kier alpha value is -1.12. The quantitative estimate of drug-likeness (QED) is 0.649. The van der Waals surface area contributed by atoms with Gasteiger partial charge in [-0.15, -0.1) is 0 Å². The molecule has 0 N–H and O–H groups in total. The van der Waals surface area contributed by atoms with Gasteiger partial charge in [-0.05, 0) is 18.4 Å². The van der Waals surface area contributed by atoms with Crippen molar-refractivity contribution in [3.05, 3.63) is 18.0 Å². The summed E-state index contributed by atoms with van der Waals surface area (Å²) in [6, 6.07) is 0.473. The molecule has 0 aromatic carbocycles. The summed E-state index contributed by atoms with van der Waals surface area (Å²) in [5, 5.41) is 4.23. The first kappa shape index (κ1) is 9.96. The predicted octanol–water partition coefficient (Wildman–Crippen LogP) is 1.99. The third-order valence-electron chi connectivity index (χ3n) is 2.29. The molecule has 13 heavy (non-hydrogen) atoms. The fourth-order valence-corrected chi connectivity index (χ4v) is 1.44. The first-order valence-corrected chi connectivity index (χ1v) is 4.78. The highest BCUT2D eigenvalue weighted by Gasteiger charge is 2.06. The van der Waals surface area contributed by atoms with Crippen molar-refractivity contribution in [2.75, 3.05) is 0 Å². The summed E-state index contributed by atoms with van der Waals surface area (Å²) in [4.78, 5) is 10.3. The molecule has 3 nitrogen and oxygen atoms in total. The molecule has 0 saturated heterocycles. The van der Waals surface area contributed by atoms with Crippen LogP contribution in [-0.2, 0) is 11.2 Å². The van der Waals surface area contributed by atoms with E-state index in [1.807, 2.05) is 10.9 Å². The van der Waals surface area contributed by atoms with E-state index in [4.69, 9.17) is 0 Å². The summed E-state index contributed by atoms with van der Waals surface area (Å²) < 4.78 is 1.96. The van der Waals surface area contributed by atoms with Gasteiger partial charge < -0.3 is 4.79 Å². The second kappa shape index (κ2) is 4.80. The molecule has 1 aromatic heterocycles. The number of aldehydes is 1.